The first-order chi connectivity index (χ1) is 9.78. The van der Waals surface area contributed by atoms with Crippen LogP contribution in [-0.2, 0) is 0 Å². The molecule has 0 aliphatic heterocycles. The molecule has 0 unspecified atom stereocenters. The van der Waals surface area contributed by atoms with E-state index in [0.29, 0.717) is 22.4 Å². The fraction of sp³-hybridized carbons (Fsp3) is 0.0714. The summed E-state index contributed by atoms with van der Waals surface area (Å²) < 4.78 is 5.33. The van der Waals surface area contributed by atoms with Gasteiger partial charge in [0.2, 0.25) is 5.82 Å². The molecule has 3 rings (SSSR count). The lowest BCUT2D eigenvalue weighted by Gasteiger charge is -2.02. The molecule has 0 radical (unpaired) electrons. The van der Waals surface area contributed by atoms with E-state index in [1.54, 1.807) is 18.0 Å². The highest BCUT2D eigenvalue weighted by Gasteiger charge is 2.14. The minimum atomic E-state index is 0.442. The van der Waals surface area contributed by atoms with Crippen LogP contribution in [0.15, 0.2) is 52.0 Å². The Kier molecular flexibility index (Phi) is 3.71. The molecule has 0 atom stereocenters. The van der Waals surface area contributed by atoms with Crippen molar-refractivity contribution in [2.24, 2.45) is 0 Å². The van der Waals surface area contributed by atoms with Crippen LogP contribution in [0.3, 0.4) is 0 Å². The van der Waals surface area contributed by atoms with Gasteiger partial charge in [-0.2, -0.15) is 4.98 Å². The first-order valence-electron chi connectivity index (χ1n) is 5.87. The van der Waals surface area contributed by atoms with Crippen LogP contribution in [-0.4, -0.2) is 21.4 Å². The lowest BCUT2D eigenvalue weighted by Crippen LogP contribution is -1.85. The predicted octanol–water partition coefficient (Wildman–Crippen LogP) is 4.17. The molecule has 2 heterocycles. The molecule has 0 N–H and O–H groups in total. The van der Waals surface area contributed by atoms with Crippen LogP contribution in [0.1, 0.15) is 0 Å². The Labute approximate surface area is 125 Å². The Morgan fingerprint density at radius 3 is 2.85 bits per heavy atom. The molecule has 0 bridgehead atoms. The van der Waals surface area contributed by atoms with E-state index < -0.39 is 0 Å². The van der Waals surface area contributed by atoms with E-state index in [0.717, 1.165) is 10.5 Å². The molecule has 0 fully saturated rings. The van der Waals surface area contributed by atoms with Crippen LogP contribution in [0.2, 0.25) is 5.02 Å². The molecule has 0 saturated heterocycles. The zero-order valence-corrected chi connectivity index (χ0v) is 12.1. The number of aromatic nitrogens is 3. The zero-order chi connectivity index (χ0) is 13.9. The third-order valence-electron chi connectivity index (χ3n) is 2.71. The van der Waals surface area contributed by atoms with Crippen LogP contribution in [0.5, 0.6) is 0 Å². The SMILES string of the molecule is CSc1ccc(Cl)cc1-c1nc(-c2ccccn2)no1. The molecule has 6 heteroatoms. The number of rotatable bonds is 3. The summed E-state index contributed by atoms with van der Waals surface area (Å²) in [7, 11) is 0. The smallest absolute Gasteiger partial charge is 0.259 e. The summed E-state index contributed by atoms with van der Waals surface area (Å²) in [5.74, 6) is 0.908. The molecule has 100 valence electrons. The number of hydrogen-bond donors (Lipinski definition) is 0. The van der Waals surface area contributed by atoms with E-state index in [1.807, 2.05) is 42.7 Å². The quantitative estimate of drug-likeness (QED) is 0.680. The van der Waals surface area contributed by atoms with Gasteiger partial charge in [-0.1, -0.05) is 22.8 Å². The number of halogens is 1. The van der Waals surface area contributed by atoms with Crippen LogP contribution in [0.25, 0.3) is 23.0 Å². The fourth-order valence-electron chi connectivity index (χ4n) is 1.78. The van der Waals surface area contributed by atoms with Crippen molar-refractivity contribution in [1.82, 2.24) is 15.1 Å². The summed E-state index contributed by atoms with van der Waals surface area (Å²) in [4.78, 5) is 9.62. The molecule has 3 aromatic rings. The van der Waals surface area contributed by atoms with Gasteiger partial charge in [0.25, 0.3) is 5.89 Å². The largest absolute Gasteiger partial charge is 0.334 e. The maximum Gasteiger partial charge on any atom is 0.259 e. The molecular formula is C14H10ClN3OS. The Bertz CT molecular complexity index is 730. The maximum atomic E-state index is 6.04. The molecule has 0 aliphatic rings. The maximum absolute atomic E-state index is 6.04. The van der Waals surface area contributed by atoms with Crippen LogP contribution in [0, 0.1) is 0 Å². The van der Waals surface area contributed by atoms with Gasteiger partial charge < -0.3 is 4.52 Å². The molecule has 2 aromatic heterocycles. The number of pyridine rings is 1. The van der Waals surface area contributed by atoms with Crippen molar-refractivity contribution >= 4 is 23.4 Å². The predicted molar refractivity (Wildman–Crippen MR) is 79.8 cm³/mol. The van der Waals surface area contributed by atoms with Gasteiger partial charge in [-0.05, 0) is 36.6 Å². The van der Waals surface area contributed by atoms with Crippen molar-refractivity contribution in [3.8, 4) is 23.0 Å². The van der Waals surface area contributed by atoms with Gasteiger partial charge in [0.1, 0.15) is 5.69 Å². The van der Waals surface area contributed by atoms with Crippen molar-refractivity contribution in [3.63, 3.8) is 0 Å². The van der Waals surface area contributed by atoms with Crippen molar-refractivity contribution in [1.29, 1.82) is 0 Å². The van der Waals surface area contributed by atoms with E-state index in [4.69, 9.17) is 16.1 Å². The molecule has 0 amide bonds. The van der Waals surface area contributed by atoms with Crippen molar-refractivity contribution in [2.75, 3.05) is 6.26 Å². The zero-order valence-electron chi connectivity index (χ0n) is 10.6. The van der Waals surface area contributed by atoms with Gasteiger partial charge in [0.15, 0.2) is 0 Å². The summed E-state index contributed by atoms with van der Waals surface area (Å²) in [6, 6.07) is 11.2. The Balaban J connectivity index is 2.04. The fourth-order valence-corrected chi connectivity index (χ4v) is 2.52. The van der Waals surface area contributed by atoms with E-state index >= 15 is 0 Å². The van der Waals surface area contributed by atoms with Gasteiger partial charge >= 0.3 is 0 Å². The van der Waals surface area contributed by atoms with E-state index in [9.17, 15) is 0 Å². The summed E-state index contributed by atoms with van der Waals surface area (Å²) >= 11 is 7.64. The lowest BCUT2D eigenvalue weighted by molar-refractivity contribution is 0.431. The topological polar surface area (TPSA) is 51.8 Å². The highest BCUT2D eigenvalue weighted by molar-refractivity contribution is 7.98. The van der Waals surface area contributed by atoms with E-state index in [1.165, 1.54) is 0 Å². The summed E-state index contributed by atoms with van der Waals surface area (Å²) in [6.45, 7) is 0. The molecular weight excluding hydrogens is 294 g/mol. The van der Waals surface area contributed by atoms with Gasteiger partial charge in [-0.25, -0.2) is 0 Å². The molecule has 1 aromatic carbocycles. The van der Waals surface area contributed by atoms with Crippen LogP contribution in [0.4, 0.5) is 0 Å². The minimum absolute atomic E-state index is 0.442. The molecule has 0 spiro atoms. The summed E-state index contributed by atoms with van der Waals surface area (Å²) in [5, 5.41) is 4.60. The van der Waals surface area contributed by atoms with Crippen LogP contribution >= 0.6 is 23.4 Å². The van der Waals surface area contributed by atoms with Crippen molar-refractivity contribution < 1.29 is 4.52 Å². The molecule has 0 aliphatic carbocycles. The highest BCUT2D eigenvalue weighted by atomic mass is 35.5. The highest BCUT2D eigenvalue weighted by Crippen LogP contribution is 2.32. The average molecular weight is 304 g/mol. The second kappa shape index (κ2) is 5.64. The van der Waals surface area contributed by atoms with E-state index in [2.05, 4.69) is 15.1 Å². The Morgan fingerprint density at radius 2 is 2.10 bits per heavy atom. The average Bonchev–Trinajstić information content (AvgIpc) is 2.98. The summed E-state index contributed by atoms with van der Waals surface area (Å²) in [6.07, 6.45) is 3.68. The molecule has 0 saturated carbocycles. The van der Waals surface area contributed by atoms with Crippen molar-refractivity contribution in [2.45, 2.75) is 4.90 Å². The van der Waals surface area contributed by atoms with E-state index in [-0.39, 0.29) is 0 Å². The standard InChI is InChI=1S/C14H10ClN3OS/c1-20-12-6-5-9(15)8-10(12)14-17-13(18-19-14)11-4-2-3-7-16-11/h2-8H,1H3. The first kappa shape index (κ1) is 13.1. The van der Waals surface area contributed by atoms with Gasteiger partial charge in [-0.15, -0.1) is 11.8 Å². The van der Waals surface area contributed by atoms with Gasteiger partial charge in [-0.3, -0.25) is 4.98 Å². The second-order valence-electron chi connectivity index (χ2n) is 3.98. The third kappa shape index (κ3) is 2.55. The monoisotopic (exact) mass is 303 g/mol. The first-order valence-corrected chi connectivity index (χ1v) is 7.47. The molecule has 4 nitrogen and oxygen atoms in total. The number of thioether (sulfide) groups is 1. The number of benzene rings is 1. The van der Waals surface area contributed by atoms with Crippen molar-refractivity contribution in [3.05, 3.63) is 47.6 Å². The van der Waals surface area contributed by atoms with Gasteiger partial charge in [0, 0.05) is 16.1 Å². The normalized spacial score (nSPS) is 10.7. The Hall–Kier alpha value is -1.85. The Morgan fingerprint density at radius 1 is 1.20 bits per heavy atom. The summed E-state index contributed by atoms with van der Waals surface area (Å²) in [5.41, 5.74) is 1.51. The second-order valence-corrected chi connectivity index (χ2v) is 5.27. The lowest BCUT2D eigenvalue weighted by atomic mass is 10.2. The number of nitrogens with zero attached hydrogens (tertiary/aromatic N) is 3. The minimum Gasteiger partial charge on any atom is -0.334 e. The molecule has 20 heavy (non-hydrogen) atoms. The third-order valence-corrected chi connectivity index (χ3v) is 3.74. The van der Waals surface area contributed by atoms with Crippen LogP contribution < -0.4 is 0 Å². The van der Waals surface area contributed by atoms with Gasteiger partial charge in [0.05, 0.1) is 5.56 Å². The number of hydrogen-bond acceptors (Lipinski definition) is 5.